The topological polar surface area (TPSA) is 43.9 Å². The van der Waals surface area contributed by atoms with Crippen molar-refractivity contribution in [1.29, 1.82) is 0 Å². The third-order valence-corrected chi connectivity index (χ3v) is 5.96. The Kier molecular flexibility index (Phi) is 8.65. The number of benzene rings is 2. The Balaban J connectivity index is 1.75. The van der Waals surface area contributed by atoms with Crippen LogP contribution in [-0.2, 0) is 22.7 Å². The van der Waals surface area contributed by atoms with Crippen molar-refractivity contribution >= 4 is 17.5 Å². The maximum absolute atomic E-state index is 13.0. The van der Waals surface area contributed by atoms with Crippen LogP contribution in [0.4, 0.5) is 5.69 Å². The molecule has 0 atom stereocenters. The molecule has 1 aliphatic rings. The van der Waals surface area contributed by atoms with E-state index in [9.17, 15) is 9.59 Å². The van der Waals surface area contributed by atoms with Gasteiger partial charge in [0.05, 0.1) is 6.54 Å². The van der Waals surface area contributed by atoms with Crippen molar-refractivity contribution < 1.29 is 9.59 Å². The minimum absolute atomic E-state index is 0.0785. The number of hydrogen-bond acceptors (Lipinski definition) is 3. The maximum atomic E-state index is 13.0. The van der Waals surface area contributed by atoms with Crippen molar-refractivity contribution in [2.45, 2.75) is 52.1 Å². The molecule has 0 aliphatic carbocycles. The Morgan fingerprint density at radius 3 is 2.26 bits per heavy atom. The number of nitrogens with zero attached hydrogens (tertiary/aromatic N) is 3. The summed E-state index contributed by atoms with van der Waals surface area (Å²) in [5.41, 5.74) is 3.22. The molecule has 31 heavy (non-hydrogen) atoms. The number of likely N-dealkylation sites (N-methyl/N-ethyl adjacent to an activating group) is 1. The van der Waals surface area contributed by atoms with E-state index in [0.717, 1.165) is 55.6 Å². The van der Waals surface area contributed by atoms with Gasteiger partial charge in [-0.1, -0.05) is 67.8 Å². The fraction of sp³-hybridized carbons (Fsp3) is 0.462. The zero-order valence-corrected chi connectivity index (χ0v) is 18.9. The monoisotopic (exact) mass is 421 g/mol. The molecule has 1 aliphatic heterocycles. The van der Waals surface area contributed by atoms with E-state index in [1.54, 1.807) is 11.8 Å². The highest BCUT2D eigenvalue weighted by atomic mass is 16.2. The van der Waals surface area contributed by atoms with Crippen LogP contribution in [0.5, 0.6) is 0 Å². The van der Waals surface area contributed by atoms with E-state index in [-0.39, 0.29) is 11.8 Å². The van der Waals surface area contributed by atoms with Gasteiger partial charge >= 0.3 is 0 Å². The third kappa shape index (κ3) is 6.93. The second kappa shape index (κ2) is 11.7. The molecule has 5 heteroatoms. The standard InChI is InChI=1S/C26H35N3O2/c1-22(30)29-18-12-5-3-4-11-17-28(20-24-15-9-10-16-25(24)29)21-26(31)27(2)19-23-13-7-6-8-14-23/h6-10,13-16H,3-5,11-12,17-21H2,1-2H3. The van der Waals surface area contributed by atoms with Crippen molar-refractivity contribution in [2.75, 3.05) is 31.6 Å². The molecule has 0 unspecified atom stereocenters. The molecule has 0 aromatic heterocycles. The minimum atomic E-state index is 0.0785. The molecule has 0 saturated carbocycles. The van der Waals surface area contributed by atoms with Crippen molar-refractivity contribution in [3.8, 4) is 0 Å². The first-order valence-corrected chi connectivity index (χ1v) is 11.4. The largest absolute Gasteiger partial charge is 0.340 e. The normalized spacial score (nSPS) is 16.0. The lowest BCUT2D eigenvalue weighted by molar-refractivity contribution is -0.131. The Bertz CT molecular complexity index is 853. The number of para-hydroxylation sites is 1. The first-order chi connectivity index (χ1) is 15.0. The van der Waals surface area contributed by atoms with Crippen molar-refractivity contribution in [3.05, 3.63) is 65.7 Å². The summed E-state index contributed by atoms with van der Waals surface area (Å²) in [7, 11) is 1.87. The molecule has 0 bridgehead atoms. The summed E-state index contributed by atoms with van der Waals surface area (Å²) in [4.78, 5) is 31.3. The lowest BCUT2D eigenvalue weighted by Crippen LogP contribution is -2.39. The van der Waals surface area contributed by atoms with Gasteiger partial charge in [-0.3, -0.25) is 14.5 Å². The number of rotatable bonds is 4. The lowest BCUT2D eigenvalue weighted by atomic mass is 10.1. The Morgan fingerprint density at radius 2 is 1.52 bits per heavy atom. The second-order valence-electron chi connectivity index (χ2n) is 8.51. The molecule has 0 spiro atoms. The molecule has 5 nitrogen and oxygen atoms in total. The number of carbonyl (C=O) groups is 2. The summed E-state index contributed by atoms with van der Waals surface area (Å²) in [6, 6.07) is 18.2. The molecule has 2 aromatic rings. The first-order valence-electron chi connectivity index (χ1n) is 11.4. The molecular weight excluding hydrogens is 386 g/mol. The minimum Gasteiger partial charge on any atom is -0.340 e. The summed E-state index contributed by atoms with van der Waals surface area (Å²) in [6.45, 7) is 4.96. The fourth-order valence-corrected chi connectivity index (χ4v) is 4.20. The molecular formula is C26H35N3O2. The third-order valence-electron chi connectivity index (χ3n) is 5.96. The smallest absolute Gasteiger partial charge is 0.236 e. The van der Waals surface area contributed by atoms with Gasteiger partial charge in [0.1, 0.15) is 0 Å². The molecule has 2 aromatic carbocycles. The number of amides is 2. The van der Waals surface area contributed by atoms with Crippen LogP contribution >= 0.6 is 0 Å². The number of anilines is 1. The summed E-state index contributed by atoms with van der Waals surface area (Å²) in [6.07, 6.45) is 5.58. The van der Waals surface area contributed by atoms with E-state index < -0.39 is 0 Å². The van der Waals surface area contributed by atoms with Gasteiger partial charge < -0.3 is 9.80 Å². The van der Waals surface area contributed by atoms with Crippen LogP contribution in [0.25, 0.3) is 0 Å². The van der Waals surface area contributed by atoms with Crippen molar-refractivity contribution in [3.63, 3.8) is 0 Å². The molecule has 166 valence electrons. The number of hydrogen-bond donors (Lipinski definition) is 0. The van der Waals surface area contributed by atoms with Crippen molar-refractivity contribution in [2.24, 2.45) is 0 Å². The quantitative estimate of drug-likeness (QED) is 0.732. The summed E-state index contributed by atoms with van der Waals surface area (Å²) < 4.78 is 0. The van der Waals surface area contributed by atoms with Gasteiger partial charge in [-0.2, -0.15) is 0 Å². The average Bonchev–Trinajstić information content (AvgIpc) is 2.75. The van der Waals surface area contributed by atoms with Crippen LogP contribution in [0.2, 0.25) is 0 Å². The Morgan fingerprint density at radius 1 is 0.871 bits per heavy atom. The summed E-state index contributed by atoms with van der Waals surface area (Å²) in [5.74, 6) is 0.201. The van der Waals surface area contributed by atoms with Crippen LogP contribution in [-0.4, -0.2) is 48.3 Å². The predicted octanol–water partition coefficient (Wildman–Crippen LogP) is 4.46. The summed E-state index contributed by atoms with van der Waals surface area (Å²) in [5, 5.41) is 0. The molecule has 0 N–H and O–H groups in total. The molecule has 0 radical (unpaired) electrons. The zero-order chi connectivity index (χ0) is 22.1. The highest BCUT2D eigenvalue weighted by molar-refractivity contribution is 5.92. The van der Waals surface area contributed by atoms with E-state index in [1.807, 2.05) is 60.5 Å². The number of carbonyl (C=O) groups excluding carboxylic acids is 2. The molecule has 3 rings (SSSR count). The molecule has 0 fully saturated rings. The van der Waals surface area contributed by atoms with Crippen LogP contribution in [0, 0.1) is 0 Å². The van der Waals surface area contributed by atoms with Crippen LogP contribution in [0.1, 0.15) is 50.2 Å². The van der Waals surface area contributed by atoms with Gasteiger partial charge in [0.15, 0.2) is 0 Å². The zero-order valence-electron chi connectivity index (χ0n) is 18.9. The van der Waals surface area contributed by atoms with Crippen molar-refractivity contribution in [1.82, 2.24) is 9.80 Å². The lowest BCUT2D eigenvalue weighted by Gasteiger charge is -2.29. The molecule has 1 heterocycles. The van der Waals surface area contributed by atoms with Gasteiger partial charge in [-0.05, 0) is 36.6 Å². The highest BCUT2D eigenvalue weighted by Gasteiger charge is 2.20. The van der Waals surface area contributed by atoms with Gasteiger partial charge in [0.2, 0.25) is 11.8 Å². The fourth-order valence-electron chi connectivity index (χ4n) is 4.20. The number of fused-ring (bicyclic) bond motifs is 1. The molecule has 2 amide bonds. The van der Waals surface area contributed by atoms with Gasteiger partial charge in [0, 0.05) is 39.3 Å². The first kappa shape index (κ1) is 23.0. The maximum Gasteiger partial charge on any atom is 0.236 e. The van der Waals surface area contributed by atoms with E-state index in [0.29, 0.717) is 19.6 Å². The SMILES string of the molecule is CC(=O)N1CCCCCCCN(CC(=O)N(C)Cc2ccccc2)Cc2ccccc21. The van der Waals surface area contributed by atoms with E-state index >= 15 is 0 Å². The van der Waals surface area contributed by atoms with Gasteiger partial charge in [0.25, 0.3) is 0 Å². The van der Waals surface area contributed by atoms with Gasteiger partial charge in [-0.15, -0.1) is 0 Å². The summed E-state index contributed by atoms with van der Waals surface area (Å²) >= 11 is 0. The Hall–Kier alpha value is -2.66. The average molecular weight is 422 g/mol. The van der Waals surface area contributed by atoms with Gasteiger partial charge in [-0.25, -0.2) is 0 Å². The van der Waals surface area contributed by atoms with Crippen LogP contribution in [0.15, 0.2) is 54.6 Å². The molecule has 0 saturated heterocycles. The van der Waals surface area contributed by atoms with E-state index in [2.05, 4.69) is 11.0 Å². The highest BCUT2D eigenvalue weighted by Crippen LogP contribution is 2.24. The van der Waals surface area contributed by atoms with E-state index in [4.69, 9.17) is 0 Å². The Labute approximate surface area is 186 Å². The van der Waals surface area contributed by atoms with Crippen LogP contribution in [0.3, 0.4) is 0 Å². The predicted molar refractivity (Wildman–Crippen MR) is 126 cm³/mol. The van der Waals surface area contributed by atoms with E-state index in [1.165, 1.54) is 6.42 Å². The van der Waals surface area contributed by atoms with Crippen LogP contribution < -0.4 is 4.90 Å². The second-order valence-corrected chi connectivity index (χ2v) is 8.51.